The van der Waals surface area contributed by atoms with Crippen molar-refractivity contribution in [2.75, 3.05) is 0 Å². The summed E-state index contributed by atoms with van der Waals surface area (Å²) < 4.78 is 10.0. The van der Waals surface area contributed by atoms with E-state index in [-0.39, 0.29) is 6.10 Å². The fourth-order valence-electron chi connectivity index (χ4n) is 1.30. The van der Waals surface area contributed by atoms with Crippen molar-refractivity contribution in [3.63, 3.8) is 0 Å². The van der Waals surface area contributed by atoms with Crippen LogP contribution in [0.4, 0.5) is 4.79 Å². The largest absolute Gasteiger partial charge is 0.415 e. The van der Waals surface area contributed by atoms with Crippen LogP contribution in [-0.4, -0.2) is 32.5 Å². The van der Waals surface area contributed by atoms with E-state index in [0.717, 1.165) is 0 Å². The van der Waals surface area contributed by atoms with Crippen molar-refractivity contribution in [2.45, 2.75) is 38.7 Å². The minimum Gasteiger partial charge on any atom is -0.412 e. The van der Waals surface area contributed by atoms with Gasteiger partial charge in [0.2, 0.25) is 0 Å². The third kappa shape index (κ3) is 2.81. The van der Waals surface area contributed by atoms with Crippen molar-refractivity contribution in [2.24, 2.45) is 0 Å². The highest BCUT2D eigenvalue weighted by Crippen LogP contribution is 2.13. The van der Waals surface area contributed by atoms with Crippen LogP contribution in [0.2, 0.25) is 19.6 Å². The summed E-state index contributed by atoms with van der Waals surface area (Å²) in [5.74, 6) is -0.555. The number of carbonyl (C=O) groups is 2. The highest BCUT2D eigenvalue weighted by Gasteiger charge is 2.38. The van der Waals surface area contributed by atoms with Crippen molar-refractivity contribution in [3.05, 3.63) is 0 Å². The maximum absolute atomic E-state index is 11.1. The van der Waals surface area contributed by atoms with Crippen LogP contribution in [0.25, 0.3) is 0 Å². The molecule has 0 radical (unpaired) electrons. The summed E-state index contributed by atoms with van der Waals surface area (Å²) in [6, 6.07) is -0.658. The van der Waals surface area contributed by atoms with Gasteiger partial charge in [0.25, 0.3) is 0 Å². The fourth-order valence-corrected chi connectivity index (χ4v) is 2.56. The molecular weight excluding hydrogens is 202 g/mol. The van der Waals surface area contributed by atoms with E-state index in [1.807, 2.05) is 19.6 Å². The quantitative estimate of drug-likeness (QED) is 0.432. The molecule has 80 valence electrons. The smallest absolute Gasteiger partial charge is 0.412 e. The van der Waals surface area contributed by atoms with E-state index in [0.29, 0.717) is 0 Å². The standard InChI is InChI=1S/C8H15NO4Si/c1-5(13-14(2,3)4)6-7(10)12-8(11)9-6/h5-6H,1-4H3,(H,9,11). The first-order valence-electron chi connectivity index (χ1n) is 4.49. The maximum atomic E-state index is 11.1. The van der Waals surface area contributed by atoms with Gasteiger partial charge < -0.3 is 14.5 Å². The van der Waals surface area contributed by atoms with Gasteiger partial charge in [0.15, 0.2) is 14.4 Å². The molecular formula is C8H15NO4Si. The molecule has 1 rings (SSSR count). The summed E-state index contributed by atoms with van der Waals surface area (Å²) in [6.45, 7) is 7.82. The molecule has 6 heteroatoms. The number of hydrogen-bond acceptors (Lipinski definition) is 4. The summed E-state index contributed by atoms with van der Waals surface area (Å²) in [7, 11) is -1.70. The molecule has 0 saturated carbocycles. The van der Waals surface area contributed by atoms with E-state index in [9.17, 15) is 9.59 Å². The van der Waals surface area contributed by atoms with Crippen molar-refractivity contribution in [1.29, 1.82) is 0 Å². The molecule has 1 heterocycles. The number of cyclic esters (lactones) is 2. The molecule has 0 bridgehead atoms. The van der Waals surface area contributed by atoms with Gasteiger partial charge in [-0.1, -0.05) is 0 Å². The molecule has 5 nitrogen and oxygen atoms in total. The van der Waals surface area contributed by atoms with E-state index in [1.165, 1.54) is 0 Å². The SMILES string of the molecule is CC(O[Si](C)(C)C)C1NC(=O)OC1=O. The molecule has 2 atom stereocenters. The Morgan fingerprint density at radius 3 is 2.36 bits per heavy atom. The van der Waals surface area contributed by atoms with Crippen LogP contribution in [0.15, 0.2) is 0 Å². The first kappa shape index (κ1) is 11.2. The fraction of sp³-hybridized carbons (Fsp3) is 0.750. The second kappa shape index (κ2) is 3.70. The van der Waals surface area contributed by atoms with Crippen molar-refractivity contribution >= 4 is 20.4 Å². The molecule has 2 unspecified atom stereocenters. The zero-order chi connectivity index (χ0) is 10.9. The number of nitrogens with one attached hydrogen (secondary N) is 1. The Bertz CT molecular complexity index is 261. The van der Waals surface area contributed by atoms with Crippen molar-refractivity contribution < 1.29 is 18.8 Å². The number of amides is 1. The van der Waals surface area contributed by atoms with Crippen LogP contribution in [0.5, 0.6) is 0 Å². The zero-order valence-electron chi connectivity index (χ0n) is 8.79. The van der Waals surface area contributed by atoms with E-state index < -0.39 is 26.4 Å². The number of ether oxygens (including phenoxy) is 1. The molecule has 0 aromatic rings. The Balaban J connectivity index is 2.57. The number of esters is 1. The third-order valence-electron chi connectivity index (χ3n) is 1.73. The maximum Gasteiger partial charge on any atom is 0.415 e. The predicted octanol–water partition coefficient (Wildman–Crippen LogP) is 0.861. The number of carbonyl (C=O) groups excluding carboxylic acids is 2. The molecule has 0 aliphatic carbocycles. The molecule has 0 spiro atoms. The molecule has 1 N–H and O–H groups in total. The Labute approximate surface area is 83.9 Å². The van der Waals surface area contributed by atoms with Crippen LogP contribution in [0, 0.1) is 0 Å². The Morgan fingerprint density at radius 2 is 2.00 bits per heavy atom. The highest BCUT2D eigenvalue weighted by atomic mass is 28.4. The first-order chi connectivity index (χ1) is 6.29. The third-order valence-corrected chi connectivity index (χ3v) is 2.81. The van der Waals surface area contributed by atoms with Gasteiger partial charge in [-0.3, -0.25) is 0 Å². The topological polar surface area (TPSA) is 64.6 Å². The lowest BCUT2D eigenvalue weighted by Gasteiger charge is -2.25. The van der Waals surface area contributed by atoms with Crippen LogP contribution in [0.1, 0.15) is 6.92 Å². The molecule has 14 heavy (non-hydrogen) atoms. The lowest BCUT2D eigenvalue weighted by molar-refractivity contribution is -0.137. The summed E-state index contributed by atoms with van der Waals surface area (Å²) in [5, 5.41) is 2.41. The van der Waals surface area contributed by atoms with Gasteiger partial charge in [-0.2, -0.15) is 0 Å². The number of rotatable bonds is 3. The van der Waals surface area contributed by atoms with Gasteiger partial charge in [0, 0.05) is 0 Å². The first-order valence-corrected chi connectivity index (χ1v) is 7.90. The van der Waals surface area contributed by atoms with Crippen molar-refractivity contribution in [1.82, 2.24) is 5.32 Å². The van der Waals surface area contributed by atoms with E-state index in [2.05, 4.69) is 10.1 Å². The Kier molecular flexibility index (Phi) is 2.96. The number of hydrogen-bond donors (Lipinski definition) is 1. The second-order valence-electron chi connectivity index (χ2n) is 4.27. The molecule has 1 aliphatic heterocycles. The predicted molar refractivity (Wildman–Crippen MR) is 52.3 cm³/mol. The minimum absolute atomic E-state index is 0.333. The van der Waals surface area contributed by atoms with Crippen LogP contribution < -0.4 is 5.32 Å². The van der Waals surface area contributed by atoms with Gasteiger partial charge in [-0.25, -0.2) is 9.59 Å². The normalized spacial score (nSPS) is 24.4. The minimum atomic E-state index is -1.70. The van der Waals surface area contributed by atoms with Crippen LogP contribution >= 0.6 is 0 Å². The summed E-state index contributed by atoms with van der Waals surface area (Å²) in [4.78, 5) is 21.9. The lowest BCUT2D eigenvalue weighted by Crippen LogP contribution is -2.45. The average Bonchev–Trinajstić information content (AvgIpc) is 2.26. The highest BCUT2D eigenvalue weighted by molar-refractivity contribution is 6.69. The Hall–Kier alpha value is -0.883. The number of alkyl carbamates (subject to hydrolysis) is 1. The van der Waals surface area contributed by atoms with Crippen LogP contribution in [-0.2, 0) is 14.0 Å². The molecule has 0 aromatic carbocycles. The van der Waals surface area contributed by atoms with Gasteiger partial charge in [-0.15, -0.1) is 0 Å². The van der Waals surface area contributed by atoms with Gasteiger partial charge in [0.1, 0.15) is 0 Å². The zero-order valence-corrected chi connectivity index (χ0v) is 9.79. The van der Waals surface area contributed by atoms with E-state index in [4.69, 9.17) is 4.43 Å². The average molecular weight is 217 g/mol. The summed E-state index contributed by atoms with van der Waals surface area (Å²) in [5.41, 5.74) is 0. The Morgan fingerprint density at radius 1 is 1.43 bits per heavy atom. The summed E-state index contributed by atoms with van der Waals surface area (Å²) >= 11 is 0. The molecule has 0 aromatic heterocycles. The monoisotopic (exact) mass is 217 g/mol. The molecule has 1 fully saturated rings. The molecule has 1 aliphatic rings. The molecule has 1 saturated heterocycles. The van der Waals surface area contributed by atoms with Gasteiger partial charge >= 0.3 is 12.1 Å². The van der Waals surface area contributed by atoms with Gasteiger partial charge in [-0.05, 0) is 26.6 Å². The summed E-state index contributed by atoms with van der Waals surface area (Å²) in [6.07, 6.45) is -1.02. The van der Waals surface area contributed by atoms with E-state index in [1.54, 1.807) is 6.92 Å². The van der Waals surface area contributed by atoms with Crippen LogP contribution in [0.3, 0.4) is 0 Å². The van der Waals surface area contributed by atoms with E-state index >= 15 is 0 Å². The second-order valence-corrected chi connectivity index (χ2v) is 8.73. The van der Waals surface area contributed by atoms with Gasteiger partial charge in [0.05, 0.1) is 6.10 Å². The molecule has 1 amide bonds. The van der Waals surface area contributed by atoms with Crippen molar-refractivity contribution in [3.8, 4) is 0 Å². The lowest BCUT2D eigenvalue weighted by atomic mass is 10.2.